The molecule has 5 rings (SSSR count). The van der Waals surface area contributed by atoms with Crippen LogP contribution in [-0.2, 0) is 6.54 Å². The van der Waals surface area contributed by atoms with Crippen LogP contribution in [0.3, 0.4) is 0 Å². The average molecular weight is 544 g/mol. The zero-order valence-electron chi connectivity index (χ0n) is 21.7. The number of para-hydroxylation sites is 1. The van der Waals surface area contributed by atoms with E-state index in [2.05, 4.69) is 5.10 Å². The molecule has 2 aromatic carbocycles. The Kier molecular flexibility index (Phi) is 6.75. The molecule has 0 radical (unpaired) electrons. The van der Waals surface area contributed by atoms with E-state index in [0.717, 1.165) is 15.2 Å². The summed E-state index contributed by atoms with van der Waals surface area (Å²) in [5.41, 5.74) is 0.502. The predicted molar refractivity (Wildman–Crippen MR) is 149 cm³/mol. The molecule has 0 atom stereocenters. The molecule has 0 aliphatic rings. The second-order valence-electron chi connectivity index (χ2n) is 8.92. The molecule has 0 bridgehead atoms. The van der Waals surface area contributed by atoms with Gasteiger partial charge in [0.1, 0.15) is 15.6 Å². The summed E-state index contributed by atoms with van der Waals surface area (Å²) < 4.78 is 8.94. The summed E-state index contributed by atoms with van der Waals surface area (Å²) in [4.78, 5) is 55.0. The molecule has 10 nitrogen and oxygen atoms in total. The fourth-order valence-corrected chi connectivity index (χ4v) is 5.77. The van der Waals surface area contributed by atoms with Crippen LogP contribution in [-0.4, -0.2) is 44.9 Å². The van der Waals surface area contributed by atoms with E-state index in [0.29, 0.717) is 26.7 Å². The van der Waals surface area contributed by atoms with E-state index in [1.165, 1.54) is 30.1 Å². The van der Waals surface area contributed by atoms with Crippen LogP contribution in [0.1, 0.15) is 31.8 Å². The lowest BCUT2D eigenvalue weighted by Crippen LogP contribution is -2.53. The molecular formula is C28H25N5O5S. The van der Waals surface area contributed by atoms with Crippen LogP contribution >= 0.6 is 11.3 Å². The van der Waals surface area contributed by atoms with Gasteiger partial charge < -0.3 is 4.74 Å². The zero-order chi connectivity index (χ0) is 27.8. The van der Waals surface area contributed by atoms with E-state index < -0.39 is 17.2 Å². The summed E-state index contributed by atoms with van der Waals surface area (Å²) in [6, 6.07) is 15.4. The third-order valence-corrected chi connectivity index (χ3v) is 7.86. The van der Waals surface area contributed by atoms with Gasteiger partial charge in [0, 0.05) is 30.6 Å². The Morgan fingerprint density at radius 1 is 1.00 bits per heavy atom. The fourth-order valence-electron chi connectivity index (χ4n) is 4.53. The smallest absolute Gasteiger partial charge is 0.352 e. The topological polar surface area (TPSA) is 108 Å². The van der Waals surface area contributed by atoms with Crippen molar-refractivity contribution >= 4 is 33.2 Å². The Hall–Kier alpha value is -4.77. The number of ketones is 1. The van der Waals surface area contributed by atoms with Gasteiger partial charge in [0.15, 0.2) is 5.78 Å². The van der Waals surface area contributed by atoms with E-state index in [4.69, 9.17) is 4.74 Å². The van der Waals surface area contributed by atoms with Crippen molar-refractivity contribution in [1.82, 2.24) is 19.0 Å². The molecule has 0 aliphatic heterocycles. The van der Waals surface area contributed by atoms with Crippen LogP contribution in [0.15, 0.2) is 76.6 Å². The normalized spacial score (nSPS) is 11.1. The minimum Gasteiger partial charge on any atom is -0.496 e. The van der Waals surface area contributed by atoms with E-state index >= 15 is 0 Å². The summed E-state index contributed by atoms with van der Waals surface area (Å²) in [5.74, 6) is -0.624. The summed E-state index contributed by atoms with van der Waals surface area (Å²) in [6.45, 7) is 3.24. The van der Waals surface area contributed by atoms with Gasteiger partial charge in [0.2, 0.25) is 0 Å². The number of Topliss-reactive ketones (excluding diaryl/α,β-unsaturated/α-hetero) is 1. The first-order valence-electron chi connectivity index (χ1n) is 12.0. The van der Waals surface area contributed by atoms with Crippen molar-refractivity contribution in [2.45, 2.75) is 20.4 Å². The number of thiophene rings is 1. The summed E-state index contributed by atoms with van der Waals surface area (Å²) in [5, 5.41) is 6.08. The number of carbonyl (C=O) groups is 2. The highest BCUT2D eigenvalue weighted by atomic mass is 32.1. The van der Waals surface area contributed by atoms with Gasteiger partial charge in [-0.1, -0.05) is 47.7 Å². The van der Waals surface area contributed by atoms with Crippen LogP contribution in [0.2, 0.25) is 0 Å². The molecular weight excluding hydrogens is 518 g/mol. The summed E-state index contributed by atoms with van der Waals surface area (Å²) >= 11 is 1.18. The molecule has 0 unspecified atom stereocenters. The maximum Gasteiger partial charge on any atom is 0.352 e. The molecule has 198 valence electrons. The van der Waals surface area contributed by atoms with Gasteiger partial charge in [-0.05, 0) is 37.6 Å². The van der Waals surface area contributed by atoms with Gasteiger partial charge in [0.05, 0.1) is 24.6 Å². The molecule has 0 spiro atoms. The van der Waals surface area contributed by atoms with E-state index in [9.17, 15) is 19.2 Å². The number of ether oxygens (including phenoxy) is 1. The minimum absolute atomic E-state index is 0.177. The molecule has 0 N–H and O–H groups in total. The van der Waals surface area contributed by atoms with Crippen molar-refractivity contribution in [3.8, 4) is 10.8 Å². The van der Waals surface area contributed by atoms with E-state index in [-0.39, 0.29) is 23.3 Å². The second kappa shape index (κ2) is 10.2. The lowest BCUT2D eigenvalue weighted by molar-refractivity contribution is 0.0961. The lowest BCUT2D eigenvalue weighted by atomic mass is 10.1. The Bertz CT molecular complexity index is 1850. The van der Waals surface area contributed by atoms with Crippen molar-refractivity contribution in [1.29, 1.82) is 0 Å². The number of methoxy groups -OCH3 is 1. The number of nitrogens with zero attached hydrogens (tertiary/aromatic N) is 5. The summed E-state index contributed by atoms with van der Waals surface area (Å²) in [7, 11) is 2.77. The molecule has 3 aromatic heterocycles. The molecule has 0 saturated carbocycles. The Morgan fingerprint density at radius 3 is 2.36 bits per heavy atom. The number of carbonyl (C=O) groups excluding carboxylic acids is 2. The van der Waals surface area contributed by atoms with Crippen LogP contribution in [0.4, 0.5) is 0 Å². The van der Waals surface area contributed by atoms with Gasteiger partial charge in [-0.2, -0.15) is 9.77 Å². The van der Waals surface area contributed by atoms with Crippen LogP contribution in [0.25, 0.3) is 15.2 Å². The first kappa shape index (κ1) is 25.9. The third kappa shape index (κ3) is 4.36. The largest absolute Gasteiger partial charge is 0.496 e. The number of aromatic nitrogens is 4. The molecule has 1 amide bonds. The highest BCUT2D eigenvalue weighted by molar-refractivity contribution is 7.21. The van der Waals surface area contributed by atoms with Crippen molar-refractivity contribution < 1.29 is 14.3 Å². The molecule has 0 aliphatic carbocycles. The van der Waals surface area contributed by atoms with E-state index in [1.54, 1.807) is 66.5 Å². The molecule has 0 saturated heterocycles. The quantitative estimate of drug-likeness (QED) is 0.292. The maximum atomic E-state index is 13.9. The number of amides is 1. The van der Waals surface area contributed by atoms with Crippen molar-refractivity contribution in [2.75, 3.05) is 19.2 Å². The Morgan fingerprint density at radius 2 is 1.69 bits per heavy atom. The van der Waals surface area contributed by atoms with Crippen LogP contribution < -0.4 is 21.0 Å². The van der Waals surface area contributed by atoms with Gasteiger partial charge in [-0.3, -0.25) is 19.0 Å². The predicted octanol–water partition coefficient (Wildman–Crippen LogP) is 3.33. The van der Waals surface area contributed by atoms with Crippen molar-refractivity contribution in [2.24, 2.45) is 0 Å². The molecule has 3 heterocycles. The number of hydrogen-bond donors (Lipinski definition) is 0. The average Bonchev–Trinajstić information content (AvgIpc) is 3.59. The minimum atomic E-state index is -0.812. The zero-order valence-corrected chi connectivity index (χ0v) is 22.6. The highest BCUT2D eigenvalue weighted by Crippen LogP contribution is 2.31. The first-order valence-corrected chi connectivity index (χ1v) is 12.9. The van der Waals surface area contributed by atoms with E-state index in [1.807, 2.05) is 19.1 Å². The van der Waals surface area contributed by atoms with Gasteiger partial charge >= 0.3 is 5.69 Å². The van der Waals surface area contributed by atoms with Gasteiger partial charge in [-0.15, -0.1) is 0 Å². The van der Waals surface area contributed by atoms with Crippen molar-refractivity contribution in [3.63, 3.8) is 0 Å². The number of benzene rings is 2. The highest BCUT2D eigenvalue weighted by Gasteiger charge is 2.27. The van der Waals surface area contributed by atoms with Gasteiger partial charge in [-0.25, -0.2) is 14.5 Å². The van der Waals surface area contributed by atoms with Crippen molar-refractivity contribution in [3.05, 3.63) is 110 Å². The molecule has 11 heteroatoms. The molecule has 0 fully saturated rings. The Labute approximate surface area is 226 Å². The standard InChI is InChI=1S/C28H25N5O5S/c1-17-10-5-6-11-19(17)21(34)16-31-27-23(18(2)26(39-27)32-15-9-14-29-32)25(36)33(28(31)37)30(3)24(35)20-12-7-8-13-22(20)38-4/h5-15H,16H2,1-4H3. The SMILES string of the molecule is COc1ccccc1C(=O)N(C)n1c(=O)c2c(C)c(-n3cccn3)sc2n(CC(=O)c2ccccc2C)c1=O. The monoisotopic (exact) mass is 543 g/mol. The molecule has 5 aromatic rings. The van der Waals surface area contributed by atoms with Crippen LogP contribution in [0, 0.1) is 13.8 Å². The summed E-state index contributed by atoms with van der Waals surface area (Å²) in [6.07, 6.45) is 3.34. The fraction of sp³-hybridized carbons (Fsp3) is 0.179. The lowest BCUT2D eigenvalue weighted by Gasteiger charge is -2.21. The number of aryl methyl sites for hydroxylation is 2. The molecule has 39 heavy (non-hydrogen) atoms. The number of rotatable bonds is 7. The van der Waals surface area contributed by atoms with Gasteiger partial charge in [0.25, 0.3) is 11.5 Å². The first-order chi connectivity index (χ1) is 18.7. The number of hydrogen-bond acceptors (Lipinski definition) is 7. The van der Waals surface area contributed by atoms with Crippen LogP contribution in [0.5, 0.6) is 5.75 Å². The number of fused-ring (bicyclic) bond motifs is 1. The Balaban J connectivity index is 1.75. The second-order valence-corrected chi connectivity index (χ2v) is 9.89. The maximum absolute atomic E-state index is 13.9. The third-order valence-electron chi connectivity index (χ3n) is 6.56.